The molecule has 1 N–H and O–H groups in total. The minimum Gasteiger partial charge on any atom is -0.485 e. The largest absolute Gasteiger partial charge is 0.485 e. The van der Waals surface area contributed by atoms with Crippen molar-refractivity contribution in [3.05, 3.63) is 40.1 Å². The zero-order valence-electron chi connectivity index (χ0n) is 13.1. The summed E-state index contributed by atoms with van der Waals surface area (Å²) >= 11 is 1.25. The Hall–Kier alpha value is -2.00. The van der Waals surface area contributed by atoms with Crippen molar-refractivity contribution in [1.29, 1.82) is 0 Å². The molecule has 3 rings (SSSR count). The van der Waals surface area contributed by atoms with Crippen LogP contribution in [0, 0.1) is 6.92 Å². The average molecular weight is 367 g/mol. The van der Waals surface area contributed by atoms with Gasteiger partial charge in [-0.25, -0.2) is 13.4 Å². The van der Waals surface area contributed by atoms with Crippen LogP contribution in [0.3, 0.4) is 0 Å². The highest BCUT2D eigenvalue weighted by atomic mass is 32.2. The lowest BCUT2D eigenvalue weighted by molar-refractivity contribution is 0.0944. The molecule has 1 saturated heterocycles. The van der Waals surface area contributed by atoms with Crippen LogP contribution in [-0.2, 0) is 16.4 Å². The summed E-state index contributed by atoms with van der Waals surface area (Å²) in [6.45, 7) is 2.01. The summed E-state index contributed by atoms with van der Waals surface area (Å²) in [5.41, 5.74) is 0.614. The zero-order chi connectivity index (χ0) is 17.2. The van der Waals surface area contributed by atoms with Crippen molar-refractivity contribution >= 4 is 27.1 Å². The van der Waals surface area contributed by atoms with Gasteiger partial charge >= 0.3 is 0 Å². The molecular weight excluding hydrogens is 350 g/mol. The Balaban J connectivity index is 1.62. The highest BCUT2D eigenvalue weighted by molar-refractivity contribution is 7.91. The summed E-state index contributed by atoms with van der Waals surface area (Å²) in [6.07, 6.45) is 3.73. The first-order valence-electron chi connectivity index (χ1n) is 7.43. The average Bonchev–Trinajstić information content (AvgIpc) is 3.08. The van der Waals surface area contributed by atoms with Crippen LogP contribution in [0.4, 0.5) is 0 Å². The lowest BCUT2D eigenvalue weighted by atomic mass is 10.2. The number of nitrogens with one attached hydrogen (secondary N) is 1. The molecule has 9 heteroatoms. The van der Waals surface area contributed by atoms with E-state index in [1.165, 1.54) is 11.3 Å². The number of pyridine rings is 1. The van der Waals surface area contributed by atoms with E-state index in [4.69, 9.17) is 4.74 Å². The second kappa shape index (κ2) is 6.86. The Morgan fingerprint density at radius 2 is 2.33 bits per heavy atom. The van der Waals surface area contributed by atoms with Gasteiger partial charge in [0, 0.05) is 12.2 Å². The molecule has 2 aromatic heterocycles. The van der Waals surface area contributed by atoms with Gasteiger partial charge in [-0.15, -0.1) is 11.3 Å². The Morgan fingerprint density at radius 1 is 1.50 bits per heavy atom. The number of aryl methyl sites for hydroxylation is 1. The van der Waals surface area contributed by atoms with Crippen LogP contribution in [0.5, 0.6) is 5.75 Å². The molecule has 2 aromatic rings. The van der Waals surface area contributed by atoms with E-state index in [0.717, 1.165) is 0 Å². The molecule has 0 aliphatic carbocycles. The molecule has 0 bridgehead atoms. The normalized spacial score (nSPS) is 19.1. The number of thiazole rings is 1. The van der Waals surface area contributed by atoms with Gasteiger partial charge in [-0.05, 0) is 25.5 Å². The molecule has 0 aromatic carbocycles. The number of ether oxygens (including phenoxy) is 1. The molecule has 0 saturated carbocycles. The van der Waals surface area contributed by atoms with Crippen molar-refractivity contribution < 1.29 is 17.9 Å². The quantitative estimate of drug-likeness (QED) is 0.856. The second-order valence-corrected chi connectivity index (χ2v) is 8.89. The van der Waals surface area contributed by atoms with Crippen molar-refractivity contribution in [2.45, 2.75) is 26.0 Å². The molecule has 0 radical (unpaired) electrons. The van der Waals surface area contributed by atoms with Gasteiger partial charge in [0.1, 0.15) is 22.2 Å². The highest BCUT2D eigenvalue weighted by Crippen LogP contribution is 2.21. The lowest BCUT2D eigenvalue weighted by Crippen LogP contribution is -2.35. The minimum atomic E-state index is -3.02. The predicted octanol–water partition coefficient (Wildman–Crippen LogP) is 1.34. The Kier molecular flexibility index (Phi) is 4.81. The standard InChI is InChI=1S/C15H17N3O4S2/c1-10-14(15(19)18-11-4-6-24(20,21)9-11)23-13(17-10)8-22-12-3-2-5-16-7-12/h2-3,5,7,11H,4,6,8-9H2,1H3,(H,18,19). The fourth-order valence-electron chi connectivity index (χ4n) is 2.46. The molecule has 24 heavy (non-hydrogen) atoms. The maximum absolute atomic E-state index is 12.3. The van der Waals surface area contributed by atoms with E-state index in [1.807, 2.05) is 0 Å². The third-order valence-electron chi connectivity index (χ3n) is 3.61. The van der Waals surface area contributed by atoms with Gasteiger partial charge in [0.15, 0.2) is 9.84 Å². The molecule has 0 spiro atoms. The molecule has 1 aliphatic rings. The number of rotatable bonds is 5. The van der Waals surface area contributed by atoms with Gasteiger partial charge in [0.05, 0.1) is 23.4 Å². The van der Waals surface area contributed by atoms with Gasteiger partial charge in [-0.1, -0.05) is 0 Å². The monoisotopic (exact) mass is 367 g/mol. The molecule has 1 amide bonds. The van der Waals surface area contributed by atoms with Gasteiger partial charge in [0.2, 0.25) is 0 Å². The van der Waals surface area contributed by atoms with Crippen LogP contribution in [0.15, 0.2) is 24.5 Å². The van der Waals surface area contributed by atoms with Crippen molar-refractivity contribution in [2.24, 2.45) is 0 Å². The van der Waals surface area contributed by atoms with Crippen LogP contribution < -0.4 is 10.1 Å². The second-order valence-electron chi connectivity index (χ2n) is 5.57. The number of hydrogen-bond acceptors (Lipinski definition) is 7. The summed E-state index contributed by atoms with van der Waals surface area (Å²) in [5.74, 6) is 0.490. The fourth-order valence-corrected chi connectivity index (χ4v) is 5.02. The molecule has 1 unspecified atom stereocenters. The summed E-state index contributed by atoms with van der Waals surface area (Å²) in [4.78, 5) is 21.1. The molecule has 128 valence electrons. The van der Waals surface area contributed by atoms with Gasteiger partial charge in [-0.2, -0.15) is 0 Å². The number of carbonyl (C=O) groups is 1. The van der Waals surface area contributed by atoms with Gasteiger partial charge < -0.3 is 10.1 Å². The van der Waals surface area contributed by atoms with Crippen LogP contribution in [-0.4, -0.2) is 41.8 Å². The third-order valence-corrected chi connectivity index (χ3v) is 6.51. The summed E-state index contributed by atoms with van der Waals surface area (Å²) in [7, 11) is -3.02. The van der Waals surface area contributed by atoms with E-state index < -0.39 is 9.84 Å². The lowest BCUT2D eigenvalue weighted by Gasteiger charge is -2.09. The molecule has 3 heterocycles. The SMILES string of the molecule is Cc1nc(COc2cccnc2)sc1C(=O)NC1CCS(=O)(=O)C1. The first-order valence-corrected chi connectivity index (χ1v) is 10.1. The first kappa shape index (κ1) is 16.8. The number of sulfone groups is 1. The van der Waals surface area contributed by atoms with E-state index >= 15 is 0 Å². The van der Waals surface area contributed by atoms with Crippen molar-refractivity contribution in [1.82, 2.24) is 15.3 Å². The van der Waals surface area contributed by atoms with Crippen molar-refractivity contribution in [3.63, 3.8) is 0 Å². The van der Waals surface area contributed by atoms with Gasteiger partial charge in [-0.3, -0.25) is 9.78 Å². The smallest absolute Gasteiger partial charge is 0.263 e. The molecule has 1 atom stereocenters. The number of hydrogen-bond donors (Lipinski definition) is 1. The van der Waals surface area contributed by atoms with Crippen LogP contribution in [0.1, 0.15) is 26.8 Å². The van der Waals surface area contributed by atoms with E-state index in [9.17, 15) is 13.2 Å². The molecular formula is C15H17N3O4S2. The molecule has 1 fully saturated rings. The number of nitrogens with zero attached hydrogens (tertiary/aromatic N) is 2. The van der Waals surface area contributed by atoms with Crippen molar-refractivity contribution in [2.75, 3.05) is 11.5 Å². The number of aromatic nitrogens is 2. The van der Waals surface area contributed by atoms with Crippen LogP contribution in [0.2, 0.25) is 0 Å². The van der Waals surface area contributed by atoms with Crippen molar-refractivity contribution in [3.8, 4) is 5.75 Å². The Morgan fingerprint density at radius 3 is 3.00 bits per heavy atom. The Labute approximate surface area is 144 Å². The van der Waals surface area contributed by atoms with Gasteiger partial charge in [0.25, 0.3) is 5.91 Å². The third kappa shape index (κ3) is 4.09. The number of amides is 1. The topological polar surface area (TPSA) is 98.2 Å². The minimum absolute atomic E-state index is 0.00751. The summed E-state index contributed by atoms with van der Waals surface area (Å²) < 4.78 is 28.5. The maximum Gasteiger partial charge on any atom is 0.263 e. The predicted molar refractivity (Wildman–Crippen MR) is 89.9 cm³/mol. The molecule has 7 nitrogen and oxygen atoms in total. The Bertz CT molecular complexity index is 834. The zero-order valence-corrected chi connectivity index (χ0v) is 14.7. The van der Waals surface area contributed by atoms with E-state index in [0.29, 0.717) is 27.7 Å². The van der Waals surface area contributed by atoms with E-state index in [-0.39, 0.29) is 30.1 Å². The maximum atomic E-state index is 12.3. The summed E-state index contributed by atoms with van der Waals surface area (Å²) in [6, 6.07) is 3.25. The number of carbonyl (C=O) groups excluding carboxylic acids is 1. The highest BCUT2D eigenvalue weighted by Gasteiger charge is 2.30. The summed E-state index contributed by atoms with van der Waals surface area (Å²) in [5, 5.41) is 3.46. The van der Waals surface area contributed by atoms with E-state index in [2.05, 4.69) is 15.3 Å². The van der Waals surface area contributed by atoms with E-state index in [1.54, 1.807) is 31.5 Å². The molecule has 1 aliphatic heterocycles. The first-order chi connectivity index (χ1) is 11.4. The fraction of sp³-hybridized carbons (Fsp3) is 0.400. The van der Waals surface area contributed by atoms with Crippen LogP contribution in [0.25, 0.3) is 0 Å². The van der Waals surface area contributed by atoms with Crippen LogP contribution >= 0.6 is 11.3 Å².